The van der Waals surface area contributed by atoms with E-state index in [-0.39, 0.29) is 60.6 Å². The van der Waals surface area contributed by atoms with Crippen molar-refractivity contribution in [3.05, 3.63) is 34.7 Å². The number of amides is 4. The van der Waals surface area contributed by atoms with Crippen LogP contribution in [0.4, 0.5) is 4.79 Å². The summed E-state index contributed by atoms with van der Waals surface area (Å²) in [5.74, 6) is -3.22. The molecule has 13 heteroatoms. The van der Waals surface area contributed by atoms with Crippen LogP contribution in [0.3, 0.4) is 0 Å². The summed E-state index contributed by atoms with van der Waals surface area (Å²) in [5.41, 5.74) is 9.83. The highest BCUT2D eigenvalue weighted by Crippen LogP contribution is 2.59. The molecule has 5 rings (SSSR count). The fraction of sp³-hybridized carbons (Fsp3) is 0.455. The van der Waals surface area contributed by atoms with Crippen molar-refractivity contribution in [2.24, 2.45) is 17.4 Å². The molecule has 4 heterocycles. The molecule has 35 heavy (non-hydrogen) atoms. The zero-order chi connectivity index (χ0) is 25.4. The van der Waals surface area contributed by atoms with E-state index in [1.54, 1.807) is 9.80 Å². The molecule has 0 aromatic rings. The lowest BCUT2D eigenvalue weighted by Gasteiger charge is -2.41. The summed E-state index contributed by atoms with van der Waals surface area (Å²) < 4.78 is 11.0. The van der Waals surface area contributed by atoms with Crippen molar-refractivity contribution in [1.29, 1.82) is 0 Å². The minimum atomic E-state index is -1.36. The van der Waals surface area contributed by atoms with Crippen LogP contribution in [0, 0.1) is 5.92 Å². The molecule has 4 atom stereocenters. The number of Topliss-reactive ketones (excluding diaryl/α,β-unsaturated/α-hetero) is 2. The molecule has 4 unspecified atom stereocenters. The van der Waals surface area contributed by atoms with Gasteiger partial charge in [0, 0.05) is 49.9 Å². The van der Waals surface area contributed by atoms with Crippen molar-refractivity contribution in [2.45, 2.75) is 31.2 Å². The molecule has 0 aromatic heterocycles. The lowest BCUT2D eigenvalue weighted by molar-refractivity contribution is -0.153. The van der Waals surface area contributed by atoms with Crippen LogP contribution in [-0.4, -0.2) is 94.7 Å². The maximum atomic E-state index is 13.2. The van der Waals surface area contributed by atoms with Gasteiger partial charge in [-0.2, -0.15) is 0 Å². The number of piperazine rings is 1. The number of hydrogen-bond donors (Lipinski definition) is 2. The number of ether oxygens (including phenoxy) is 2. The number of primary amides is 1. The van der Waals surface area contributed by atoms with Crippen molar-refractivity contribution >= 4 is 35.4 Å². The van der Waals surface area contributed by atoms with Gasteiger partial charge in [-0.1, -0.05) is 0 Å². The summed E-state index contributed by atoms with van der Waals surface area (Å²) in [6.45, 7) is 1.22. The Morgan fingerprint density at radius 3 is 2.40 bits per heavy atom. The van der Waals surface area contributed by atoms with Gasteiger partial charge in [-0.15, -0.1) is 0 Å². The Labute approximate surface area is 198 Å². The number of allylic oxidation sites excluding steroid dienone is 2. The number of nitrogens with zero attached hydrogens (tertiary/aromatic N) is 3. The molecule has 4 aliphatic heterocycles. The monoisotopic (exact) mass is 485 g/mol. The molecule has 1 aliphatic carbocycles. The fourth-order valence-electron chi connectivity index (χ4n) is 5.81. The highest BCUT2D eigenvalue weighted by molar-refractivity contribution is 6.25. The lowest BCUT2D eigenvalue weighted by Crippen LogP contribution is -2.56. The third-order valence-electron chi connectivity index (χ3n) is 7.43. The number of fused-ring (bicyclic) bond motifs is 4. The van der Waals surface area contributed by atoms with E-state index in [1.165, 1.54) is 14.0 Å². The molecule has 0 bridgehead atoms. The summed E-state index contributed by atoms with van der Waals surface area (Å²) in [6, 6.07) is -0.917. The first-order chi connectivity index (χ1) is 16.6. The average molecular weight is 485 g/mol. The average Bonchev–Trinajstić information content (AvgIpc) is 3.15. The number of rotatable bonds is 6. The Morgan fingerprint density at radius 1 is 1.14 bits per heavy atom. The Balaban J connectivity index is 1.43. The van der Waals surface area contributed by atoms with E-state index in [0.29, 0.717) is 0 Å². The van der Waals surface area contributed by atoms with Crippen molar-refractivity contribution in [2.75, 3.05) is 26.8 Å². The number of carbonyl (C=O) groups is 6. The SMILES string of the molecule is COC12C(COC(N)=O)C3=C(C(=O)C(C)=C(N)C3=O)N1CC1C2N1C(=O)CCN1C(=O)C=CC1=O. The van der Waals surface area contributed by atoms with Crippen LogP contribution in [0.2, 0.25) is 0 Å². The molecule has 0 saturated carbocycles. The molecule has 184 valence electrons. The molecular weight excluding hydrogens is 462 g/mol. The molecule has 4 N–H and O–H groups in total. The Morgan fingerprint density at radius 2 is 1.80 bits per heavy atom. The predicted octanol–water partition coefficient (Wildman–Crippen LogP) is -2.10. The van der Waals surface area contributed by atoms with Gasteiger partial charge in [0.2, 0.25) is 17.5 Å². The van der Waals surface area contributed by atoms with Crippen LogP contribution in [0.15, 0.2) is 34.7 Å². The minimum Gasteiger partial charge on any atom is -0.449 e. The largest absolute Gasteiger partial charge is 0.449 e. The van der Waals surface area contributed by atoms with Crippen molar-refractivity contribution in [3.63, 3.8) is 0 Å². The van der Waals surface area contributed by atoms with Gasteiger partial charge in [0.05, 0.1) is 23.4 Å². The molecule has 5 aliphatic rings. The Bertz CT molecular complexity index is 1200. The zero-order valence-corrected chi connectivity index (χ0v) is 19.0. The van der Waals surface area contributed by atoms with Crippen LogP contribution in [0.25, 0.3) is 0 Å². The van der Waals surface area contributed by atoms with Gasteiger partial charge in [0.15, 0.2) is 5.72 Å². The Kier molecular flexibility index (Phi) is 4.88. The van der Waals surface area contributed by atoms with Gasteiger partial charge in [-0.25, -0.2) is 4.79 Å². The third kappa shape index (κ3) is 2.90. The van der Waals surface area contributed by atoms with Gasteiger partial charge in [0.25, 0.3) is 11.8 Å². The van der Waals surface area contributed by atoms with E-state index in [9.17, 15) is 28.8 Å². The van der Waals surface area contributed by atoms with Gasteiger partial charge < -0.3 is 30.7 Å². The van der Waals surface area contributed by atoms with Crippen molar-refractivity contribution in [1.82, 2.24) is 14.7 Å². The summed E-state index contributed by atoms with van der Waals surface area (Å²) in [4.78, 5) is 78.5. The second-order valence-corrected chi connectivity index (χ2v) is 8.93. The van der Waals surface area contributed by atoms with E-state index < -0.39 is 47.2 Å². The molecule has 2 saturated heterocycles. The molecule has 4 amide bonds. The van der Waals surface area contributed by atoms with Gasteiger partial charge >= 0.3 is 6.09 Å². The zero-order valence-electron chi connectivity index (χ0n) is 19.0. The standard InChI is InChI=1S/C22H23N5O8/c1-9-16(23)19(32)15-10(8-35-21(24)33)22(34-2)20-11(7-26(22)17(15)18(9)31)27(20)14(30)5-6-25-12(28)3-4-13(25)29/h3-4,10-11,20H,5-8,23H2,1-2H3,(H2,24,33). The number of ketones is 2. The van der Waals surface area contributed by atoms with Crippen molar-refractivity contribution in [3.8, 4) is 0 Å². The molecule has 2 fully saturated rings. The number of methoxy groups -OCH3 is 1. The lowest BCUT2D eigenvalue weighted by atomic mass is 9.82. The number of nitrogens with two attached hydrogens (primary N) is 2. The summed E-state index contributed by atoms with van der Waals surface area (Å²) in [7, 11) is 1.39. The smallest absolute Gasteiger partial charge is 0.404 e. The van der Waals surface area contributed by atoms with E-state index in [1.807, 2.05) is 0 Å². The van der Waals surface area contributed by atoms with Crippen LogP contribution < -0.4 is 11.5 Å². The first kappa shape index (κ1) is 22.8. The molecule has 0 spiro atoms. The van der Waals surface area contributed by atoms with E-state index >= 15 is 0 Å². The van der Waals surface area contributed by atoms with Gasteiger partial charge in [-0.3, -0.25) is 28.9 Å². The normalized spacial score (nSPS) is 30.9. The van der Waals surface area contributed by atoms with E-state index in [2.05, 4.69) is 0 Å². The summed E-state index contributed by atoms with van der Waals surface area (Å²) in [5, 5.41) is 0. The van der Waals surface area contributed by atoms with Crippen LogP contribution in [-0.2, 0) is 33.4 Å². The van der Waals surface area contributed by atoms with Crippen LogP contribution >= 0.6 is 0 Å². The quantitative estimate of drug-likeness (QED) is 0.240. The molecular formula is C22H23N5O8. The van der Waals surface area contributed by atoms with E-state index in [0.717, 1.165) is 17.1 Å². The molecule has 0 aromatic carbocycles. The van der Waals surface area contributed by atoms with Crippen molar-refractivity contribution < 1.29 is 38.2 Å². The van der Waals surface area contributed by atoms with Crippen LogP contribution in [0.5, 0.6) is 0 Å². The second kappa shape index (κ2) is 7.50. The maximum absolute atomic E-state index is 13.2. The number of imide groups is 1. The number of carbonyl (C=O) groups excluding carboxylic acids is 6. The highest BCUT2D eigenvalue weighted by Gasteiger charge is 2.77. The van der Waals surface area contributed by atoms with E-state index in [4.69, 9.17) is 20.9 Å². The maximum Gasteiger partial charge on any atom is 0.404 e. The first-order valence-corrected chi connectivity index (χ1v) is 11.0. The topological polar surface area (TPSA) is 182 Å². The minimum absolute atomic E-state index is 0.0679. The second-order valence-electron chi connectivity index (χ2n) is 8.93. The fourth-order valence-corrected chi connectivity index (χ4v) is 5.81. The van der Waals surface area contributed by atoms with Gasteiger partial charge in [-0.05, 0) is 6.92 Å². The van der Waals surface area contributed by atoms with Gasteiger partial charge in [0.1, 0.15) is 12.6 Å². The third-order valence-corrected chi connectivity index (χ3v) is 7.43. The predicted molar refractivity (Wildman–Crippen MR) is 114 cm³/mol. The summed E-state index contributed by atoms with van der Waals surface area (Å²) >= 11 is 0. The first-order valence-electron chi connectivity index (χ1n) is 11.0. The molecule has 13 nitrogen and oxygen atoms in total. The highest BCUT2D eigenvalue weighted by atomic mass is 16.6. The molecule has 0 radical (unpaired) electrons. The van der Waals surface area contributed by atoms with Crippen LogP contribution in [0.1, 0.15) is 13.3 Å². The number of hydrogen-bond acceptors (Lipinski definition) is 10. The summed E-state index contributed by atoms with van der Waals surface area (Å²) in [6.07, 6.45) is 1.11. The Hall–Kier alpha value is -4.00.